The van der Waals surface area contributed by atoms with Crippen LogP contribution in [0.2, 0.25) is 0 Å². The summed E-state index contributed by atoms with van der Waals surface area (Å²) in [7, 11) is 0. The van der Waals surface area contributed by atoms with Gasteiger partial charge in [0.25, 0.3) is 5.91 Å². The number of amides is 1. The number of morpholine rings is 1. The van der Waals surface area contributed by atoms with E-state index in [1.54, 1.807) is 0 Å². The molecule has 2 unspecified atom stereocenters. The van der Waals surface area contributed by atoms with Gasteiger partial charge in [0.2, 0.25) is 12.1 Å². The normalized spacial score (nSPS) is 37.9. The molecule has 350 valence electrons. The second-order valence-corrected chi connectivity index (χ2v) is 19.5. The van der Waals surface area contributed by atoms with Crippen molar-refractivity contribution < 1.29 is 43.6 Å². The van der Waals surface area contributed by atoms with E-state index in [9.17, 15) is 19.8 Å². The highest BCUT2D eigenvalue weighted by atomic mass is 16.7. The molecule has 0 aromatic rings. The molecular formula is C47H85N6O8+. The topological polar surface area (TPSA) is 195 Å². The van der Waals surface area contributed by atoms with Gasteiger partial charge in [-0.3, -0.25) is 9.59 Å². The number of rotatable bonds is 24. The number of unbranched alkanes of at least 4 members (excludes halogenated alkanes) is 10. The number of aliphatic hydroxyl groups is 2. The van der Waals surface area contributed by atoms with Crippen molar-refractivity contribution >= 4 is 11.9 Å². The third kappa shape index (κ3) is 12.0. The fraction of sp³-hybridized carbons (Fsp3) is 0.915. The van der Waals surface area contributed by atoms with Gasteiger partial charge in [-0.1, -0.05) is 90.2 Å². The van der Waals surface area contributed by atoms with Crippen molar-refractivity contribution in [3.8, 4) is 0 Å². The average molecular weight is 862 g/mol. The van der Waals surface area contributed by atoms with Crippen LogP contribution in [-0.2, 0) is 28.5 Å². The zero-order valence-corrected chi connectivity index (χ0v) is 38.1. The van der Waals surface area contributed by atoms with Crippen molar-refractivity contribution in [2.45, 2.75) is 248 Å². The van der Waals surface area contributed by atoms with E-state index in [0.717, 1.165) is 109 Å². The highest BCUT2D eigenvalue weighted by molar-refractivity contribution is 5.82. The van der Waals surface area contributed by atoms with E-state index in [1.807, 2.05) is 0 Å². The van der Waals surface area contributed by atoms with E-state index in [4.69, 9.17) is 30.4 Å². The number of nitrogens with two attached hydrogens (primary N) is 2. The second kappa shape index (κ2) is 22.9. The van der Waals surface area contributed by atoms with Crippen LogP contribution in [0.4, 0.5) is 0 Å². The van der Waals surface area contributed by atoms with E-state index < -0.39 is 23.8 Å². The van der Waals surface area contributed by atoms with E-state index in [0.29, 0.717) is 25.4 Å². The van der Waals surface area contributed by atoms with Crippen LogP contribution in [0.3, 0.4) is 0 Å². The lowest BCUT2D eigenvalue weighted by atomic mass is 9.79. The maximum absolute atomic E-state index is 14.5. The van der Waals surface area contributed by atoms with Gasteiger partial charge in [0.05, 0.1) is 18.2 Å². The molecule has 0 radical (unpaired) electrons. The lowest BCUT2D eigenvalue weighted by Gasteiger charge is -2.57. The lowest BCUT2D eigenvalue weighted by molar-refractivity contribution is -0.985. The number of esters is 1. The number of carbonyl (C=O) groups excluding carboxylic acids is 2. The van der Waals surface area contributed by atoms with Gasteiger partial charge >= 0.3 is 5.97 Å². The highest BCUT2D eigenvalue weighted by Gasteiger charge is 2.67. The van der Waals surface area contributed by atoms with Crippen LogP contribution >= 0.6 is 0 Å². The molecule has 0 aromatic heterocycles. The summed E-state index contributed by atoms with van der Waals surface area (Å²) in [6.45, 7) is 7.27. The Balaban J connectivity index is 0.874. The lowest BCUT2D eigenvalue weighted by Crippen LogP contribution is -3.28. The van der Waals surface area contributed by atoms with Crippen LogP contribution in [-0.4, -0.2) is 113 Å². The van der Waals surface area contributed by atoms with Crippen LogP contribution in [0.5, 0.6) is 0 Å². The van der Waals surface area contributed by atoms with Crippen LogP contribution in [0.1, 0.15) is 181 Å². The van der Waals surface area contributed by atoms with E-state index >= 15 is 0 Å². The molecule has 6 fully saturated rings. The summed E-state index contributed by atoms with van der Waals surface area (Å²) in [5.74, 6) is -2.53. The summed E-state index contributed by atoms with van der Waals surface area (Å²) in [5.41, 5.74) is 10.2. The molecule has 1 amide bonds. The zero-order valence-electron chi connectivity index (χ0n) is 38.1. The SMILES string of the molecule is CC/C=C/[C@@H]1CC[C@]2(C[C@H]3CC[C@H]4[C@@H](C(=O)O[C@H](CC)CCCCCCCCCCCCC[C@@H]5O[C@](O)(CCN)[C@H](O)N(CCCN)C5=O)[C@@]5(CCC[C@H](C)O5)NC(N2)[NH+]34)O1. The van der Waals surface area contributed by atoms with Crippen LogP contribution in [0.25, 0.3) is 0 Å². The van der Waals surface area contributed by atoms with Crippen molar-refractivity contribution in [1.29, 1.82) is 0 Å². The van der Waals surface area contributed by atoms with Gasteiger partial charge < -0.3 is 50.4 Å². The first kappa shape index (κ1) is 48.7. The Kier molecular flexibility index (Phi) is 18.3. The van der Waals surface area contributed by atoms with Crippen molar-refractivity contribution in [2.24, 2.45) is 17.4 Å². The molecule has 6 rings (SSSR count). The first-order chi connectivity index (χ1) is 29.5. The number of nitrogens with one attached hydrogen (secondary N) is 3. The Morgan fingerprint density at radius 2 is 1.66 bits per heavy atom. The third-order valence-electron chi connectivity index (χ3n) is 14.9. The number of hydrogen-bond acceptors (Lipinski definition) is 12. The maximum Gasteiger partial charge on any atom is 0.319 e. The number of quaternary nitrogens is 1. The molecule has 2 spiro atoms. The Morgan fingerprint density at radius 3 is 2.33 bits per heavy atom. The molecule has 6 heterocycles. The van der Waals surface area contributed by atoms with Gasteiger partial charge in [0.15, 0.2) is 12.1 Å². The number of allylic oxidation sites excluding steroid dienone is 1. The highest BCUT2D eigenvalue weighted by Crippen LogP contribution is 2.43. The summed E-state index contributed by atoms with van der Waals surface area (Å²) in [5, 5.41) is 29.5. The predicted molar refractivity (Wildman–Crippen MR) is 234 cm³/mol. The Bertz CT molecular complexity index is 1410. The molecule has 6 aliphatic rings. The maximum atomic E-state index is 14.5. The van der Waals surface area contributed by atoms with Crippen molar-refractivity contribution in [2.75, 3.05) is 19.6 Å². The van der Waals surface area contributed by atoms with Crippen LogP contribution < -0.4 is 27.0 Å². The van der Waals surface area contributed by atoms with E-state index in [-0.39, 0.29) is 73.7 Å². The standard InChI is InChI=1S/C47H84N6O8/c1-4-6-21-37-26-28-45(60-37)33-35-24-25-38-40(46(27-18-20-34(3)59-46)51-44(50-45)53(35)38)42(55)58-36(5-2)22-16-14-12-10-8-7-9-11-13-15-17-23-39-41(54)52(32-19-30-48)43(56)47(57,61-39)29-31-49/h6,21,34-40,43-44,50-51,56-57H,4-5,7-20,22-33,48-49H2,1-3H3/p+1/b21-6+/t34-,35+,36+,37+,38-,39-,40-,43-,44?,45+,46-,47+/m0/s1. The minimum absolute atomic E-state index is 0.0145. The quantitative estimate of drug-likeness (QED) is 0.0413. The second-order valence-electron chi connectivity index (χ2n) is 19.5. The smallest absolute Gasteiger partial charge is 0.319 e. The largest absolute Gasteiger partial charge is 0.462 e. The van der Waals surface area contributed by atoms with Gasteiger partial charge in [0.1, 0.15) is 29.7 Å². The predicted octanol–water partition coefficient (Wildman–Crippen LogP) is 4.35. The monoisotopic (exact) mass is 862 g/mol. The Hall–Kier alpha value is -1.72. The molecule has 14 heteroatoms. The van der Waals surface area contributed by atoms with E-state index in [2.05, 4.69) is 43.6 Å². The molecule has 14 nitrogen and oxygen atoms in total. The minimum atomic E-state index is -1.85. The van der Waals surface area contributed by atoms with Crippen molar-refractivity contribution in [1.82, 2.24) is 15.5 Å². The minimum Gasteiger partial charge on any atom is -0.462 e. The molecule has 0 bridgehead atoms. The van der Waals surface area contributed by atoms with Gasteiger partial charge in [-0.2, -0.15) is 0 Å². The van der Waals surface area contributed by atoms with E-state index in [1.165, 1.54) is 41.9 Å². The van der Waals surface area contributed by atoms with Crippen LogP contribution in [0, 0.1) is 5.92 Å². The van der Waals surface area contributed by atoms with Crippen molar-refractivity contribution in [3.05, 3.63) is 12.2 Å². The number of aliphatic hydroxyl groups excluding tert-OH is 1. The van der Waals surface area contributed by atoms with Gasteiger partial charge in [0, 0.05) is 32.2 Å². The van der Waals surface area contributed by atoms with Crippen molar-refractivity contribution in [3.63, 3.8) is 0 Å². The van der Waals surface area contributed by atoms with Crippen LogP contribution in [0.15, 0.2) is 12.2 Å². The molecule has 0 aliphatic carbocycles. The molecule has 61 heavy (non-hydrogen) atoms. The number of ether oxygens (including phenoxy) is 4. The number of hydrogen-bond donors (Lipinski definition) is 7. The molecule has 9 N–H and O–H groups in total. The molecular weight excluding hydrogens is 777 g/mol. The van der Waals surface area contributed by atoms with Gasteiger partial charge in [-0.25, -0.2) is 10.6 Å². The molecule has 0 saturated carbocycles. The van der Waals surface area contributed by atoms with Gasteiger partial charge in [-0.15, -0.1) is 0 Å². The summed E-state index contributed by atoms with van der Waals surface area (Å²) in [4.78, 5) is 30.2. The Labute approximate surface area is 366 Å². The zero-order chi connectivity index (χ0) is 43.5. The Morgan fingerprint density at radius 1 is 0.934 bits per heavy atom. The molecule has 0 aromatic carbocycles. The fourth-order valence-electron chi connectivity index (χ4n) is 11.8. The summed E-state index contributed by atoms with van der Waals surface area (Å²) < 4.78 is 25.8. The summed E-state index contributed by atoms with van der Waals surface area (Å²) >= 11 is 0. The number of nitrogens with zero attached hydrogens (tertiary/aromatic N) is 1. The number of carbonyl (C=O) groups is 2. The first-order valence-corrected chi connectivity index (χ1v) is 24.9. The van der Waals surface area contributed by atoms with Gasteiger partial charge in [-0.05, 0) is 90.6 Å². The fourth-order valence-corrected chi connectivity index (χ4v) is 11.8. The molecule has 6 saturated heterocycles. The third-order valence-corrected chi connectivity index (χ3v) is 14.9. The molecule has 13 atom stereocenters. The first-order valence-electron chi connectivity index (χ1n) is 24.9. The summed E-state index contributed by atoms with van der Waals surface area (Å²) in [6.07, 6.45) is 26.6. The molecule has 6 aliphatic heterocycles. The average Bonchev–Trinajstić information content (AvgIpc) is 3.83. The summed E-state index contributed by atoms with van der Waals surface area (Å²) in [6, 6.07) is 0.602.